The van der Waals surface area contributed by atoms with Crippen LogP contribution in [0.25, 0.3) is 0 Å². The number of hydrogen-bond donors (Lipinski definition) is 0. The van der Waals surface area contributed by atoms with E-state index >= 15 is 0 Å². The first-order chi connectivity index (χ1) is 18.5. The zero-order valence-corrected chi connectivity index (χ0v) is 21.7. The predicted molar refractivity (Wildman–Crippen MR) is 146 cm³/mol. The van der Waals surface area contributed by atoms with Gasteiger partial charge in [-0.05, 0) is 54.4 Å². The SMILES string of the molecule is CCOC(=O)C(Sc1ccc(CN(OC(=O)c2ccccc2)C(=O)c2ccccc2)cc1)c1ccccc1. The van der Waals surface area contributed by atoms with E-state index in [-0.39, 0.29) is 12.5 Å². The lowest BCUT2D eigenvalue weighted by molar-refractivity contribution is -0.142. The lowest BCUT2D eigenvalue weighted by Crippen LogP contribution is -2.33. The smallest absolute Gasteiger partial charge is 0.363 e. The fourth-order valence-corrected chi connectivity index (χ4v) is 4.69. The van der Waals surface area contributed by atoms with Crippen LogP contribution in [0, 0.1) is 0 Å². The van der Waals surface area contributed by atoms with Crippen molar-refractivity contribution in [2.75, 3.05) is 6.61 Å². The summed E-state index contributed by atoms with van der Waals surface area (Å²) < 4.78 is 5.30. The molecule has 0 fully saturated rings. The van der Waals surface area contributed by atoms with Gasteiger partial charge in [0.2, 0.25) is 0 Å². The van der Waals surface area contributed by atoms with Crippen molar-refractivity contribution in [1.29, 1.82) is 0 Å². The van der Waals surface area contributed by atoms with E-state index in [1.165, 1.54) is 11.8 Å². The van der Waals surface area contributed by atoms with E-state index < -0.39 is 17.1 Å². The van der Waals surface area contributed by atoms with Crippen molar-refractivity contribution in [3.63, 3.8) is 0 Å². The van der Waals surface area contributed by atoms with Crippen molar-refractivity contribution < 1.29 is 24.0 Å². The molecule has 192 valence electrons. The molecule has 7 heteroatoms. The summed E-state index contributed by atoms with van der Waals surface area (Å²) in [5, 5.41) is 0.558. The number of hydrogen-bond acceptors (Lipinski definition) is 6. The van der Waals surface area contributed by atoms with Crippen LogP contribution in [0.2, 0.25) is 0 Å². The highest BCUT2D eigenvalue weighted by atomic mass is 32.2. The summed E-state index contributed by atoms with van der Waals surface area (Å²) in [5.41, 5.74) is 2.36. The number of carbonyl (C=O) groups excluding carboxylic acids is 3. The Bertz CT molecular complexity index is 1350. The Kier molecular flexibility index (Phi) is 9.32. The monoisotopic (exact) mass is 525 g/mol. The van der Waals surface area contributed by atoms with Crippen LogP contribution in [0.15, 0.2) is 120 Å². The third-order valence-corrected chi connectivity index (χ3v) is 6.80. The lowest BCUT2D eigenvalue weighted by Gasteiger charge is -2.22. The van der Waals surface area contributed by atoms with Gasteiger partial charge in [-0.25, -0.2) is 4.79 Å². The highest BCUT2D eigenvalue weighted by Crippen LogP contribution is 2.36. The third-order valence-electron chi connectivity index (χ3n) is 5.56. The van der Waals surface area contributed by atoms with E-state index in [1.54, 1.807) is 61.5 Å². The molecule has 0 aliphatic rings. The van der Waals surface area contributed by atoms with E-state index in [2.05, 4.69) is 0 Å². The average Bonchev–Trinajstić information content (AvgIpc) is 2.97. The molecule has 0 N–H and O–H groups in total. The van der Waals surface area contributed by atoms with E-state index in [0.717, 1.165) is 21.1 Å². The van der Waals surface area contributed by atoms with Crippen molar-refractivity contribution >= 4 is 29.6 Å². The molecule has 0 saturated heterocycles. The Hall–Kier alpha value is -4.36. The van der Waals surface area contributed by atoms with Gasteiger partial charge in [-0.2, -0.15) is 5.06 Å². The molecule has 4 aromatic rings. The third kappa shape index (κ3) is 7.11. The number of carbonyl (C=O) groups is 3. The predicted octanol–water partition coefficient (Wildman–Crippen LogP) is 6.50. The molecule has 0 bridgehead atoms. The molecule has 6 nitrogen and oxygen atoms in total. The van der Waals surface area contributed by atoms with Gasteiger partial charge in [-0.3, -0.25) is 9.59 Å². The Morgan fingerprint density at radius 1 is 0.737 bits per heavy atom. The number of hydroxylamine groups is 2. The van der Waals surface area contributed by atoms with Crippen molar-refractivity contribution in [2.24, 2.45) is 0 Å². The van der Waals surface area contributed by atoms with Gasteiger partial charge in [0.05, 0.1) is 18.7 Å². The van der Waals surface area contributed by atoms with Gasteiger partial charge in [-0.15, -0.1) is 11.8 Å². The van der Waals surface area contributed by atoms with E-state index in [4.69, 9.17) is 9.57 Å². The van der Waals surface area contributed by atoms with Gasteiger partial charge < -0.3 is 9.57 Å². The second-order valence-corrected chi connectivity index (χ2v) is 9.44. The lowest BCUT2D eigenvalue weighted by atomic mass is 10.1. The van der Waals surface area contributed by atoms with Crippen molar-refractivity contribution in [2.45, 2.75) is 23.6 Å². The Labute approximate surface area is 226 Å². The first kappa shape index (κ1) is 26.7. The van der Waals surface area contributed by atoms with Gasteiger partial charge in [0.15, 0.2) is 0 Å². The maximum absolute atomic E-state index is 13.2. The van der Waals surface area contributed by atoms with Crippen LogP contribution in [0.5, 0.6) is 0 Å². The van der Waals surface area contributed by atoms with Crippen LogP contribution in [-0.2, 0) is 20.9 Å². The fraction of sp³-hybridized carbons (Fsp3) is 0.129. The second-order valence-electron chi connectivity index (χ2n) is 8.26. The van der Waals surface area contributed by atoms with Crippen LogP contribution in [0.3, 0.4) is 0 Å². The number of ether oxygens (including phenoxy) is 1. The molecule has 38 heavy (non-hydrogen) atoms. The Morgan fingerprint density at radius 3 is 1.87 bits per heavy atom. The summed E-state index contributed by atoms with van der Waals surface area (Å²) in [4.78, 5) is 45.0. The van der Waals surface area contributed by atoms with Gasteiger partial charge in [0.1, 0.15) is 5.25 Å². The summed E-state index contributed by atoms with van der Waals surface area (Å²) >= 11 is 1.39. The molecule has 4 rings (SSSR count). The highest BCUT2D eigenvalue weighted by Gasteiger charge is 2.24. The number of amides is 1. The van der Waals surface area contributed by atoms with E-state index in [9.17, 15) is 14.4 Å². The van der Waals surface area contributed by atoms with Crippen LogP contribution >= 0.6 is 11.8 Å². The minimum atomic E-state index is -0.623. The van der Waals surface area contributed by atoms with Crippen molar-refractivity contribution in [3.05, 3.63) is 138 Å². The molecule has 0 saturated carbocycles. The number of benzene rings is 4. The largest absolute Gasteiger partial charge is 0.465 e. The van der Waals surface area contributed by atoms with Gasteiger partial charge in [-0.1, -0.05) is 78.9 Å². The van der Waals surface area contributed by atoms with Crippen LogP contribution in [0.1, 0.15) is 44.0 Å². The van der Waals surface area contributed by atoms with Gasteiger partial charge in [0, 0.05) is 10.5 Å². The Balaban J connectivity index is 1.52. The first-order valence-electron chi connectivity index (χ1n) is 12.2. The average molecular weight is 526 g/mol. The Morgan fingerprint density at radius 2 is 1.29 bits per heavy atom. The summed E-state index contributed by atoms with van der Waals surface area (Å²) in [6.07, 6.45) is 0. The summed E-state index contributed by atoms with van der Waals surface area (Å²) in [5.74, 6) is -1.36. The fourth-order valence-electron chi connectivity index (χ4n) is 3.67. The molecule has 0 aliphatic heterocycles. The molecule has 0 spiro atoms. The van der Waals surface area contributed by atoms with Gasteiger partial charge in [0.25, 0.3) is 5.91 Å². The topological polar surface area (TPSA) is 72.9 Å². The summed E-state index contributed by atoms with van der Waals surface area (Å²) in [6.45, 7) is 2.14. The molecular formula is C31H27NO5S. The highest BCUT2D eigenvalue weighted by molar-refractivity contribution is 8.00. The van der Waals surface area contributed by atoms with Crippen LogP contribution < -0.4 is 0 Å². The number of thioether (sulfide) groups is 1. The van der Waals surface area contributed by atoms with Gasteiger partial charge >= 0.3 is 11.9 Å². The molecular weight excluding hydrogens is 498 g/mol. The normalized spacial score (nSPS) is 11.3. The molecule has 0 heterocycles. The van der Waals surface area contributed by atoms with Crippen molar-refractivity contribution in [3.8, 4) is 0 Å². The number of rotatable bonds is 9. The minimum absolute atomic E-state index is 0.0528. The zero-order chi connectivity index (χ0) is 26.7. The number of esters is 1. The molecule has 1 amide bonds. The molecule has 1 atom stereocenters. The second kappa shape index (κ2) is 13.3. The maximum Gasteiger partial charge on any atom is 0.363 e. The molecule has 0 aromatic heterocycles. The molecule has 0 radical (unpaired) electrons. The molecule has 1 unspecified atom stereocenters. The minimum Gasteiger partial charge on any atom is -0.465 e. The summed E-state index contributed by atoms with van der Waals surface area (Å²) in [7, 11) is 0. The van der Waals surface area contributed by atoms with Crippen molar-refractivity contribution in [1.82, 2.24) is 5.06 Å². The zero-order valence-electron chi connectivity index (χ0n) is 20.9. The van der Waals surface area contributed by atoms with E-state index in [1.807, 2.05) is 60.7 Å². The van der Waals surface area contributed by atoms with E-state index in [0.29, 0.717) is 17.7 Å². The molecule has 4 aromatic carbocycles. The molecule has 0 aliphatic carbocycles. The number of nitrogens with zero attached hydrogens (tertiary/aromatic N) is 1. The first-order valence-corrected chi connectivity index (χ1v) is 13.0. The standard InChI is InChI=1S/C31H27NO5S/c1-2-36-31(35)28(24-12-6-3-7-13-24)38-27-20-18-23(19-21-27)22-32(29(33)25-14-8-4-9-15-25)37-30(34)26-16-10-5-11-17-26/h3-21,28H,2,22H2,1H3. The summed E-state index contributed by atoms with van der Waals surface area (Å²) in [6, 6.07) is 34.1. The quantitative estimate of drug-likeness (QED) is 0.141. The van der Waals surface area contributed by atoms with Crippen LogP contribution in [0.4, 0.5) is 0 Å². The maximum atomic E-state index is 13.2. The van der Waals surface area contributed by atoms with Crippen LogP contribution in [-0.4, -0.2) is 29.5 Å².